The van der Waals surface area contributed by atoms with E-state index in [2.05, 4.69) is 10.3 Å². The van der Waals surface area contributed by atoms with Gasteiger partial charge in [0.25, 0.3) is 0 Å². The molecule has 0 aliphatic rings. The Morgan fingerprint density at radius 3 is 2.50 bits per heavy atom. The number of nitrogens with one attached hydrogen (secondary N) is 1. The molecule has 92 valence electrons. The van der Waals surface area contributed by atoms with Crippen molar-refractivity contribution in [3.05, 3.63) is 10.6 Å². The molecule has 1 amide bonds. The molecule has 0 saturated heterocycles. The molecule has 0 bridgehead atoms. The van der Waals surface area contributed by atoms with Gasteiger partial charge in [0.2, 0.25) is 5.91 Å². The van der Waals surface area contributed by atoms with E-state index in [1.165, 1.54) is 11.3 Å². The van der Waals surface area contributed by atoms with Crippen molar-refractivity contribution in [2.45, 2.75) is 39.7 Å². The lowest BCUT2D eigenvalue weighted by Crippen LogP contribution is -2.45. The van der Waals surface area contributed by atoms with E-state index in [0.717, 1.165) is 17.0 Å². The number of hydrogen-bond acceptors (Lipinski definition) is 4. The highest BCUT2D eigenvalue weighted by Gasteiger charge is 2.23. The van der Waals surface area contributed by atoms with Crippen molar-refractivity contribution in [3.8, 4) is 0 Å². The number of nitrogens with two attached hydrogens (primary N) is 1. The molecule has 16 heavy (non-hydrogen) atoms. The van der Waals surface area contributed by atoms with E-state index in [9.17, 15) is 4.79 Å². The third kappa shape index (κ3) is 3.73. The normalized spacial score (nSPS) is 10.8. The Labute approximate surface area is 106 Å². The molecule has 6 heteroatoms. The number of aryl methyl sites for hydroxylation is 2. The number of anilines is 1. The van der Waals surface area contributed by atoms with E-state index in [0.29, 0.717) is 5.13 Å². The minimum Gasteiger partial charge on any atom is -0.318 e. The lowest BCUT2D eigenvalue weighted by Gasteiger charge is -2.16. The standard InChI is InChI=1S/C10H17N3OS.ClH/c1-5-7-6(2)15-9(12-7)13-8(14)10(3,4)11;/h5,11H2,1-4H3,(H,12,13,14);1H. The first kappa shape index (κ1) is 15.3. The summed E-state index contributed by atoms with van der Waals surface area (Å²) in [6.45, 7) is 7.38. The van der Waals surface area contributed by atoms with E-state index < -0.39 is 5.54 Å². The fourth-order valence-electron chi connectivity index (χ4n) is 1.07. The maximum Gasteiger partial charge on any atom is 0.245 e. The largest absolute Gasteiger partial charge is 0.318 e. The van der Waals surface area contributed by atoms with Crippen LogP contribution in [-0.2, 0) is 11.2 Å². The second-order valence-corrected chi connectivity index (χ2v) is 5.25. The van der Waals surface area contributed by atoms with Gasteiger partial charge in [0.15, 0.2) is 5.13 Å². The van der Waals surface area contributed by atoms with Gasteiger partial charge >= 0.3 is 0 Å². The zero-order chi connectivity index (χ0) is 11.6. The maximum atomic E-state index is 11.6. The van der Waals surface area contributed by atoms with Gasteiger partial charge in [0, 0.05) is 4.88 Å². The van der Waals surface area contributed by atoms with E-state index in [1.54, 1.807) is 13.8 Å². The molecule has 1 heterocycles. The Morgan fingerprint density at radius 2 is 2.12 bits per heavy atom. The van der Waals surface area contributed by atoms with Gasteiger partial charge in [0.05, 0.1) is 11.2 Å². The highest BCUT2D eigenvalue weighted by molar-refractivity contribution is 7.15. The van der Waals surface area contributed by atoms with Crippen molar-refractivity contribution < 1.29 is 4.79 Å². The molecule has 0 atom stereocenters. The lowest BCUT2D eigenvalue weighted by molar-refractivity contribution is -0.120. The second kappa shape index (κ2) is 5.61. The molecule has 0 radical (unpaired) electrons. The monoisotopic (exact) mass is 263 g/mol. The van der Waals surface area contributed by atoms with Crippen molar-refractivity contribution in [2.24, 2.45) is 5.73 Å². The topological polar surface area (TPSA) is 68.0 Å². The van der Waals surface area contributed by atoms with Crippen LogP contribution >= 0.6 is 23.7 Å². The Bertz CT molecular complexity index is 371. The van der Waals surface area contributed by atoms with Gasteiger partial charge in [-0.1, -0.05) is 6.92 Å². The van der Waals surface area contributed by atoms with Gasteiger partial charge in [-0.25, -0.2) is 4.98 Å². The summed E-state index contributed by atoms with van der Waals surface area (Å²) in [6.07, 6.45) is 0.879. The summed E-state index contributed by atoms with van der Waals surface area (Å²) in [5.74, 6) is -0.209. The van der Waals surface area contributed by atoms with Crippen LogP contribution in [0.5, 0.6) is 0 Å². The number of thiazole rings is 1. The number of rotatable bonds is 3. The van der Waals surface area contributed by atoms with E-state index in [-0.39, 0.29) is 18.3 Å². The van der Waals surface area contributed by atoms with Crippen molar-refractivity contribution in [2.75, 3.05) is 5.32 Å². The van der Waals surface area contributed by atoms with Gasteiger partial charge in [-0.05, 0) is 27.2 Å². The van der Waals surface area contributed by atoms with Crippen molar-refractivity contribution in [3.63, 3.8) is 0 Å². The van der Waals surface area contributed by atoms with Gasteiger partial charge in [-0.15, -0.1) is 23.7 Å². The molecule has 0 aliphatic heterocycles. The molecule has 1 aromatic rings. The number of amides is 1. The van der Waals surface area contributed by atoms with Gasteiger partial charge in [0.1, 0.15) is 0 Å². The van der Waals surface area contributed by atoms with Gasteiger partial charge in [-0.2, -0.15) is 0 Å². The molecule has 0 aromatic carbocycles. The Kier molecular flexibility index (Phi) is 5.38. The third-order valence-electron chi connectivity index (χ3n) is 2.03. The molecule has 0 unspecified atom stereocenters. The van der Waals surface area contributed by atoms with E-state index in [1.807, 2.05) is 13.8 Å². The summed E-state index contributed by atoms with van der Waals surface area (Å²) in [7, 11) is 0. The number of halogens is 1. The van der Waals surface area contributed by atoms with Crippen LogP contribution in [0.25, 0.3) is 0 Å². The number of carbonyl (C=O) groups excluding carboxylic acids is 1. The van der Waals surface area contributed by atoms with Crippen molar-refractivity contribution in [1.82, 2.24) is 4.98 Å². The fraction of sp³-hybridized carbons (Fsp3) is 0.600. The summed E-state index contributed by atoms with van der Waals surface area (Å²) < 4.78 is 0. The second-order valence-electron chi connectivity index (χ2n) is 4.05. The van der Waals surface area contributed by atoms with Crippen LogP contribution in [0.15, 0.2) is 0 Å². The average molecular weight is 264 g/mol. The predicted molar refractivity (Wildman–Crippen MR) is 70.4 cm³/mol. The summed E-state index contributed by atoms with van der Waals surface area (Å²) in [6, 6.07) is 0. The first-order valence-electron chi connectivity index (χ1n) is 4.91. The molecule has 4 nitrogen and oxygen atoms in total. The van der Waals surface area contributed by atoms with Crippen LogP contribution < -0.4 is 11.1 Å². The molecule has 0 fully saturated rings. The van der Waals surface area contributed by atoms with Gasteiger partial charge < -0.3 is 11.1 Å². The molecule has 1 aromatic heterocycles. The fourth-order valence-corrected chi connectivity index (χ4v) is 1.97. The molecular formula is C10H18ClN3OS. The highest BCUT2D eigenvalue weighted by atomic mass is 35.5. The number of nitrogens with zero attached hydrogens (tertiary/aromatic N) is 1. The molecule has 0 saturated carbocycles. The third-order valence-corrected chi connectivity index (χ3v) is 2.96. The summed E-state index contributed by atoms with van der Waals surface area (Å²) in [4.78, 5) is 17.0. The quantitative estimate of drug-likeness (QED) is 0.878. The zero-order valence-electron chi connectivity index (χ0n) is 9.96. The van der Waals surface area contributed by atoms with Crippen LogP contribution in [0.2, 0.25) is 0 Å². The Morgan fingerprint density at radius 1 is 1.56 bits per heavy atom. The summed E-state index contributed by atoms with van der Waals surface area (Å²) >= 11 is 1.48. The molecule has 1 rings (SSSR count). The Balaban J connectivity index is 0.00000225. The van der Waals surface area contributed by atoms with Gasteiger partial charge in [-0.3, -0.25) is 4.79 Å². The molecular weight excluding hydrogens is 246 g/mol. The van der Waals surface area contributed by atoms with Crippen LogP contribution in [0.4, 0.5) is 5.13 Å². The first-order valence-corrected chi connectivity index (χ1v) is 5.73. The van der Waals surface area contributed by atoms with Crippen LogP contribution in [0.3, 0.4) is 0 Å². The van der Waals surface area contributed by atoms with Crippen molar-refractivity contribution >= 4 is 34.8 Å². The minimum absolute atomic E-state index is 0. The van der Waals surface area contributed by atoms with Crippen LogP contribution in [0.1, 0.15) is 31.3 Å². The first-order chi connectivity index (χ1) is 6.84. The SMILES string of the molecule is CCc1nc(NC(=O)C(C)(C)N)sc1C.Cl. The van der Waals surface area contributed by atoms with Crippen LogP contribution in [-0.4, -0.2) is 16.4 Å². The zero-order valence-corrected chi connectivity index (χ0v) is 11.6. The maximum absolute atomic E-state index is 11.6. The number of aromatic nitrogens is 1. The average Bonchev–Trinajstić information content (AvgIpc) is 2.44. The number of hydrogen-bond donors (Lipinski definition) is 2. The summed E-state index contributed by atoms with van der Waals surface area (Å²) in [5, 5.41) is 3.35. The van der Waals surface area contributed by atoms with Crippen molar-refractivity contribution in [1.29, 1.82) is 0 Å². The Hall–Kier alpha value is -0.650. The molecule has 3 N–H and O–H groups in total. The smallest absolute Gasteiger partial charge is 0.245 e. The highest BCUT2D eigenvalue weighted by Crippen LogP contribution is 2.22. The summed E-state index contributed by atoms with van der Waals surface area (Å²) in [5.41, 5.74) is 5.83. The molecule has 0 aliphatic carbocycles. The van der Waals surface area contributed by atoms with E-state index in [4.69, 9.17) is 5.73 Å². The lowest BCUT2D eigenvalue weighted by atomic mass is 10.1. The predicted octanol–water partition coefficient (Wildman–Crippen LogP) is 2.11. The molecule has 0 spiro atoms. The number of carbonyl (C=O) groups is 1. The van der Waals surface area contributed by atoms with Crippen LogP contribution in [0, 0.1) is 6.92 Å². The van der Waals surface area contributed by atoms with E-state index >= 15 is 0 Å². The minimum atomic E-state index is -0.869.